The summed E-state index contributed by atoms with van der Waals surface area (Å²) in [5, 5.41) is 3.01. The molecule has 1 aliphatic carbocycles. The summed E-state index contributed by atoms with van der Waals surface area (Å²) in [6.45, 7) is 1.86. The second-order valence-corrected chi connectivity index (χ2v) is 5.50. The van der Waals surface area contributed by atoms with Crippen molar-refractivity contribution in [3.63, 3.8) is 0 Å². The largest absolute Gasteiger partial charge is 0.494 e. The van der Waals surface area contributed by atoms with Crippen LogP contribution in [0.2, 0.25) is 0 Å². The molecule has 2 N–H and O–H groups in total. The van der Waals surface area contributed by atoms with Crippen LogP contribution in [0.25, 0.3) is 11.0 Å². The van der Waals surface area contributed by atoms with Crippen molar-refractivity contribution < 1.29 is 9.53 Å². The molecule has 3 rings (SSSR count). The Hall–Kier alpha value is -1.82. The normalized spacial score (nSPS) is 16.1. The van der Waals surface area contributed by atoms with Crippen LogP contribution in [0, 0.1) is 4.77 Å². The summed E-state index contributed by atoms with van der Waals surface area (Å²) in [6, 6.07) is 5.70. The molecule has 1 saturated carbocycles. The van der Waals surface area contributed by atoms with Crippen LogP contribution in [0.5, 0.6) is 5.75 Å². The topological polar surface area (TPSA) is 59.0 Å². The van der Waals surface area contributed by atoms with Gasteiger partial charge >= 0.3 is 0 Å². The van der Waals surface area contributed by atoms with Gasteiger partial charge in [0.25, 0.3) is 0 Å². The lowest BCUT2D eigenvalue weighted by atomic mass is 10.2. The van der Waals surface area contributed by atoms with Crippen LogP contribution in [0.4, 0.5) is 0 Å². The summed E-state index contributed by atoms with van der Waals surface area (Å²) in [5.41, 5.74) is 1.71. The number of benzene rings is 1. The van der Waals surface area contributed by atoms with E-state index in [1.807, 2.05) is 29.7 Å². The molecule has 0 bridgehead atoms. The SMILES string of the molecule is COc1cccc2c1[nH]c(=S)n2C(C)C(=O)NC1CC1. The molecule has 6 heteroatoms. The third kappa shape index (κ3) is 2.20. The van der Waals surface area contributed by atoms with Crippen LogP contribution in [-0.4, -0.2) is 28.6 Å². The van der Waals surface area contributed by atoms with E-state index >= 15 is 0 Å². The molecule has 0 aliphatic heterocycles. The molecule has 5 nitrogen and oxygen atoms in total. The molecule has 106 valence electrons. The van der Waals surface area contributed by atoms with E-state index in [2.05, 4.69) is 10.3 Å². The zero-order valence-electron chi connectivity index (χ0n) is 11.5. The third-order valence-corrected chi connectivity index (χ3v) is 3.92. The van der Waals surface area contributed by atoms with Gasteiger partial charge in [-0.2, -0.15) is 0 Å². The average molecular weight is 291 g/mol. The molecule has 20 heavy (non-hydrogen) atoms. The Labute approximate surface area is 121 Å². The number of carbonyl (C=O) groups is 1. The van der Waals surface area contributed by atoms with Crippen molar-refractivity contribution in [1.82, 2.24) is 14.9 Å². The van der Waals surface area contributed by atoms with E-state index in [1.54, 1.807) is 7.11 Å². The zero-order valence-corrected chi connectivity index (χ0v) is 12.3. The first-order chi connectivity index (χ1) is 9.61. The molecule has 0 spiro atoms. The summed E-state index contributed by atoms with van der Waals surface area (Å²) in [6.07, 6.45) is 2.15. The van der Waals surface area contributed by atoms with Crippen molar-refractivity contribution in [3.05, 3.63) is 23.0 Å². The molecule has 1 fully saturated rings. The standard InChI is InChI=1S/C14H17N3O2S/c1-8(13(18)15-9-6-7-9)17-10-4-3-5-11(19-2)12(10)16-14(17)20/h3-5,8-9H,6-7H2,1-2H3,(H,15,18)(H,16,20). The van der Waals surface area contributed by atoms with Crippen LogP contribution in [0.1, 0.15) is 25.8 Å². The Kier molecular flexibility index (Phi) is 3.25. The number of ether oxygens (including phenoxy) is 1. The summed E-state index contributed by atoms with van der Waals surface area (Å²) in [5.74, 6) is 0.731. The number of fused-ring (bicyclic) bond motifs is 1. The maximum absolute atomic E-state index is 12.2. The van der Waals surface area contributed by atoms with E-state index in [0.29, 0.717) is 10.8 Å². The van der Waals surface area contributed by atoms with Crippen LogP contribution in [-0.2, 0) is 4.79 Å². The average Bonchev–Trinajstić information content (AvgIpc) is 3.17. The number of para-hydroxylation sites is 1. The minimum atomic E-state index is -0.344. The van der Waals surface area contributed by atoms with Crippen molar-refractivity contribution in [1.29, 1.82) is 0 Å². The van der Waals surface area contributed by atoms with Gasteiger partial charge in [-0.15, -0.1) is 0 Å². The minimum absolute atomic E-state index is 0.00678. The summed E-state index contributed by atoms with van der Waals surface area (Å²) < 4.78 is 7.69. The Morgan fingerprint density at radius 1 is 1.55 bits per heavy atom. The van der Waals surface area contributed by atoms with Gasteiger partial charge in [-0.25, -0.2) is 0 Å². The molecular weight excluding hydrogens is 274 g/mol. The van der Waals surface area contributed by atoms with Crippen LogP contribution in [0.15, 0.2) is 18.2 Å². The first-order valence-electron chi connectivity index (χ1n) is 6.69. The van der Waals surface area contributed by atoms with Gasteiger partial charge in [-0.1, -0.05) is 6.07 Å². The fourth-order valence-corrected chi connectivity index (χ4v) is 2.70. The summed E-state index contributed by atoms with van der Waals surface area (Å²) in [7, 11) is 1.62. The predicted octanol–water partition coefficient (Wildman–Crippen LogP) is 2.55. The highest BCUT2D eigenvalue weighted by Gasteiger charge is 2.27. The Morgan fingerprint density at radius 2 is 2.30 bits per heavy atom. The smallest absolute Gasteiger partial charge is 0.243 e. The highest BCUT2D eigenvalue weighted by Crippen LogP contribution is 2.27. The van der Waals surface area contributed by atoms with E-state index in [1.165, 1.54) is 0 Å². The number of hydrogen-bond donors (Lipinski definition) is 2. The van der Waals surface area contributed by atoms with Crippen molar-refractivity contribution in [2.45, 2.75) is 31.8 Å². The highest BCUT2D eigenvalue weighted by atomic mass is 32.1. The number of imidazole rings is 1. The maximum atomic E-state index is 12.2. The van der Waals surface area contributed by atoms with Gasteiger partial charge in [0, 0.05) is 6.04 Å². The zero-order chi connectivity index (χ0) is 14.3. The van der Waals surface area contributed by atoms with Gasteiger partial charge in [0.1, 0.15) is 17.3 Å². The van der Waals surface area contributed by atoms with Crippen LogP contribution >= 0.6 is 12.2 Å². The fourth-order valence-electron chi connectivity index (χ4n) is 2.34. The first kappa shape index (κ1) is 13.2. The van der Waals surface area contributed by atoms with Gasteiger partial charge in [0.05, 0.1) is 12.6 Å². The maximum Gasteiger partial charge on any atom is 0.243 e. The number of rotatable bonds is 4. The molecule has 1 heterocycles. The Balaban J connectivity index is 2.04. The van der Waals surface area contributed by atoms with E-state index in [0.717, 1.165) is 29.6 Å². The lowest BCUT2D eigenvalue weighted by molar-refractivity contribution is -0.123. The molecular formula is C14H17N3O2S. The number of aromatic amines is 1. The second kappa shape index (κ2) is 4.94. The quantitative estimate of drug-likeness (QED) is 0.851. The Morgan fingerprint density at radius 3 is 2.95 bits per heavy atom. The predicted molar refractivity (Wildman–Crippen MR) is 79.6 cm³/mol. The van der Waals surface area contributed by atoms with Crippen molar-refractivity contribution in [2.24, 2.45) is 0 Å². The Bertz CT molecular complexity index is 715. The third-order valence-electron chi connectivity index (χ3n) is 3.62. The number of nitrogens with one attached hydrogen (secondary N) is 2. The van der Waals surface area contributed by atoms with Gasteiger partial charge < -0.3 is 19.6 Å². The molecule has 1 unspecified atom stereocenters. The monoisotopic (exact) mass is 291 g/mol. The molecule has 2 aromatic rings. The number of methoxy groups -OCH3 is 1. The van der Waals surface area contributed by atoms with E-state index in [-0.39, 0.29) is 11.9 Å². The van der Waals surface area contributed by atoms with Crippen LogP contribution < -0.4 is 10.1 Å². The molecule has 1 atom stereocenters. The van der Waals surface area contributed by atoms with Gasteiger partial charge in [-0.3, -0.25) is 4.79 Å². The van der Waals surface area contributed by atoms with Gasteiger partial charge in [0.2, 0.25) is 5.91 Å². The second-order valence-electron chi connectivity index (χ2n) is 5.11. The van der Waals surface area contributed by atoms with Crippen LogP contribution in [0.3, 0.4) is 0 Å². The van der Waals surface area contributed by atoms with E-state index < -0.39 is 0 Å². The van der Waals surface area contributed by atoms with Gasteiger partial charge in [-0.05, 0) is 44.1 Å². The lowest BCUT2D eigenvalue weighted by Crippen LogP contribution is -2.32. The lowest BCUT2D eigenvalue weighted by Gasteiger charge is -2.14. The summed E-state index contributed by atoms with van der Waals surface area (Å²) >= 11 is 5.36. The molecule has 0 radical (unpaired) electrons. The first-order valence-corrected chi connectivity index (χ1v) is 7.10. The van der Waals surface area contributed by atoms with Gasteiger partial charge in [0.15, 0.2) is 4.77 Å². The molecule has 1 aromatic carbocycles. The van der Waals surface area contributed by atoms with Crippen molar-refractivity contribution in [2.75, 3.05) is 7.11 Å². The number of amides is 1. The van der Waals surface area contributed by atoms with E-state index in [9.17, 15) is 4.79 Å². The molecule has 0 saturated heterocycles. The molecule has 1 aromatic heterocycles. The minimum Gasteiger partial charge on any atom is -0.494 e. The molecule has 1 amide bonds. The summed E-state index contributed by atoms with van der Waals surface area (Å²) in [4.78, 5) is 15.3. The number of hydrogen-bond acceptors (Lipinski definition) is 3. The highest BCUT2D eigenvalue weighted by molar-refractivity contribution is 7.71. The number of aromatic nitrogens is 2. The molecule has 1 aliphatic rings. The number of H-pyrrole nitrogens is 1. The fraction of sp³-hybridized carbons (Fsp3) is 0.429. The van der Waals surface area contributed by atoms with Crippen molar-refractivity contribution >= 4 is 29.2 Å². The number of carbonyl (C=O) groups excluding carboxylic acids is 1. The van der Waals surface area contributed by atoms with E-state index in [4.69, 9.17) is 17.0 Å². The van der Waals surface area contributed by atoms with Crippen molar-refractivity contribution in [3.8, 4) is 5.75 Å². The number of nitrogens with zero attached hydrogens (tertiary/aromatic N) is 1.